The number of nitrogens with zero attached hydrogens (tertiary/aromatic N) is 2. The quantitative estimate of drug-likeness (QED) is 0.674. The molecule has 6 heteroatoms. The molecule has 2 aliphatic heterocycles. The molecule has 2 saturated heterocycles. The minimum absolute atomic E-state index is 0.0449. The van der Waals surface area contributed by atoms with Gasteiger partial charge in [0.15, 0.2) is 0 Å². The minimum atomic E-state index is -0.305. The molecule has 2 aromatic carbocycles. The Hall–Kier alpha value is -2.83. The lowest BCUT2D eigenvalue weighted by molar-refractivity contribution is -0.164. The summed E-state index contributed by atoms with van der Waals surface area (Å²) in [6.45, 7) is 8.27. The summed E-state index contributed by atoms with van der Waals surface area (Å²) in [5.41, 5.74) is 3.24. The normalized spacial score (nSPS) is 21.8. The van der Waals surface area contributed by atoms with Gasteiger partial charge in [0.1, 0.15) is 5.75 Å². The smallest absolute Gasteiger partial charge is 0.318 e. The first kappa shape index (κ1) is 23.3. The minimum Gasteiger partial charge on any atom is -0.497 e. The van der Waals surface area contributed by atoms with Gasteiger partial charge in [-0.05, 0) is 49.6 Å². The van der Waals surface area contributed by atoms with Gasteiger partial charge in [-0.2, -0.15) is 0 Å². The van der Waals surface area contributed by atoms with E-state index in [-0.39, 0.29) is 36.2 Å². The fourth-order valence-corrected chi connectivity index (χ4v) is 5.48. The predicted molar refractivity (Wildman–Crippen MR) is 131 cm³/mol. The van der Waals surface area contributed by atoms with Gasteiger partial charge in [0.2, 0.25) is 0 Å². The highest BCUT2D eigenvalue weighted by molar-refractivity contribution is 5.78. The van der Waals surface area contributed by atoms with Gasteiger partial charge in [-0.3, -0.25) is 4.90 Å². The molecule has 2 heterocycles. The van der Waals surface area contributed by atoms with Crippen LogP contribution in [-0.2, 0) is 6.54 Å². The van der Waals surface area contributed by atoms with Crippen LogP contribution in [0.25, 0.3) is 6.08 Å². The number of methoxy groups -OCH3 is 1. The Bertz CT molecular complexity index is 979. The van der Waals surface area contributed by atoms with Crippen LogP contribution < -0.4 is 10.1 Å². The third-order valence-corrected chi connectivity index (χ3v) is 6.81. The van der Waals surface area contributed by atoms with Crippen molar-refractivity contribution in [2.24, 2.45) is 0 Å². The molecule has 4 rings (SSSR count). The third kappa shape index (κ3) is 4.37. The van der Waals surface area contributed by atoms with Crippen molar-refractivity contribution in [1.82, 2.24) is 15.1 Å². The maximum absolute atomic E-state index is 13.1. The molecule has 6 nitrogen and oxygen atoms in total. The van der Waals surface area contributed by atoms with E-state index in [0.717, 1.165) is 30.9 Å². The van der Waals surface area contributed by atoms with E-state index in [4.69, 9.17) is 4.74 Å². The number of carbonyl (C=O) groups is 1. The Morgan fingerprint density at radius 3 is 2.39 bits per heavy atom. The molecule has 2 fully saturated rings. The maximum atomic E-state index is 13.1. The van der Waals surface area contributed by atoms with Gasteiger partial charge in [0.25, 0.3) is 0 Å². The number of amides is 2. The van der Waals surface area contributed by atoms with Gasteiger partial charge in [-0.25, -0.2) is 4.79 Å². The zero-order valence-corrected chi connectivity index (χ0v) is 20.0. The number of aliphatic hydroxyl groups is 1. The van der Waals surface area contributed by atoms with E-state index >= 15 is 0 Å². The summed E-state index contributed by atoms with van der Waals surface area (Å²) >= 11 is 0. The largest absolute Gasteiger partial charge is 0.497 e. The van der Waals surface area contributed by atoms with Crippen molar-refractivity contribution in [3.63, 3.8) is 0 Å². The van der Waals surface area contributed by atoms with Crippen LogP contribution in [0.15, 0.2) is 54.6 Å². The third-order valence-electron chi connectivity index (χ3n) is 6.81. The summed E-state index contributed by atoms with van der Waals surface area (Å²) in [4.78, 5) is 17.4. The fourth-order valence-electron chi connectivity index (χ4n) is 5.48. The van der Waals surface area contributed by atoms with E-state index in [1.807, 2.05) is 43.9 Å². The number of aliphatic hydroxyl groups excluding tert-OH is 1. The van der Waals surface area contributed by atoms with Crippen LogP contribution in [0.5, 0.6) is 5.75 Å². The topological polar surface area (TPSA) is 65.0 Å². The second-order valence-electron chi connectivity index (χ2n) is 9.47. The molecule has 0 aromatic heterocycles. The molecule has 0 aliphatic carbocycles. The number of nitrogens with one attached hydrogen (secondary N) is 1. The molecule has 0 unspecified atom stereocenters. The molecule has 0 radical (unpaired) electrons. The SMILES string of the molecule is C/C=C/c1ccc([C@@H]2[C@@H](CO)N(C(=O)NC(C)C)C23CN(Cc2ccc(OC)cc2)C3)cc1. The van der Waals surface area contributed by atoms with Gasteiger partial charge in [-0.1, -0.05) is 48.6 Å². The molecule has 2 amide bonds. The van der Waals surface area contributed by atoms with E-state index in [1.165, 1.54) is 11.1 Å². The number of urea groups is 1. The van der Waals surface area contributed by atoms with E-state index in [1.54, 1.807) is 7.11 Å². The van der Waals surface area contributed by atoms with Crippen LogP contribution in [0.1, 0.15) is 43.4 Å². The summed E-state index contributed by atoms with van der Waals surface area (Å²) in [5.74, 6) is 0.953. The van der Waals surface area contributed by atoms with Gasteiger partial charge in [0, 0.05) is 31.6 Å². The molecular weight excluding hydrogens is 414 g/mol. The molecule has 0 bridgehead atoms. The highest BCUT2D eigenvalue weighted by atomic mass is 16.5. The molecule has 2 aromatic rings. The monoisotopic (exact) mass is 449 g/mol. The molecule has 33 heavy (non-hydrogen) atoms. The van der Waals surface area contributed by atoms with Crippen molar-refractivity contribution in [3.05, 3.63) is 71.3 Å². The molecule has 2 N–H and O–H groups in total. The number of ether oxygens (including phenoxy) is 1. The Morgan fingerprint density at radius 2 is 1.85 bits per heavy atom. The molecule has 2 atom stereocenters. The van der Waals surface area contributed by atoms with E-state index in [0.29, 0.717) is 0 Å². The lowest BCUT2D eigenvalue weighted by atomic mass is 9.60. The second-order valence-corrected chi connectivity index (χ2v) is 9.47. The number of benzene rings is 2. The van der Waals surface area contributed by atoms with Crippen LogP contribution in [0, 0.1) is 0 Å². The van der Waals surface area contributed by atoms with Gasteiger partial charge >= 0.3 is 6.03 Å². The lowest BCUT2D eigenvalue weighted by Crippen LogP contribution is -2.86. The first-order valence-corrected chi connectivity index (χ1v) is 11.7. The maximum Gasteiger partial charge on any atom is 0.318 e. The number of carbonyl (C=O) groups excluding carboxylic acids is 1. The summed E-state index contributed by atoms with van der Waals surface area (Å²) in [6.07, 6.45) is 4.10. The van der Waals surface area contributed by atoms with Crippen molar-refractivity contribution in [2.75, 3.05) is 26.8 Å². The van der Waals surface area contributed by atoms with Crippen molar-refractivity contribution in [3.8, 4) is 5.75 Å². The molecule has 2 aliphatic rings. The van der Waals surface area contributed by atoms with E-state index in [9.17, 15) is 9.90 Å². The highest BCUT2D eigenvalue weighted by Gasteiger charge is 2.67. The van der Waals surface area contributed by atoms with E-state index < -0.39 is 0 Å². The van der Waals surface area contributed by atoms with Crippen LogP contribution >= 0.6 is 0 Å². The first-order valence-electron chi connectivity index (χ1n) is 11.7. The zero-order valence-electron chi connectivity index (χ0n) is 20.0. The number of rotatable bonds is 7. The zero-order chi connectivity index (χ0) is 23.6. The van der Waals surface area contributed by atoms with Crippen molar-refractivity contribution >= 4 is 12.1 Å². The average Bonchev–Trinajstić information content (AvgIpc) is 2.76. The van der Waals surface area contributed by atoms with Crippen LogP contribution in [-0.4, -0.2) is 65.4 Å². The number of likely N-dealkylation sites (tertiary alicyclic amines) is 2. The molecular formula is C27H35N3O3. The van der Waals surface area contributed by atoms with Crippen molar-refractivity contribution in [2.45, 2.75) is 50.9 Å². The molecule has 1 spiro atoms. The average molecular weight is 450 g/mol. The Balaban J connectivity index is 1.56. The summed E-state index contributed by atoms with van der Waals surface area (Å²) < 4.78 is 5.26. The lowest BCUT2D eigenvalue weighted by Gasteiger charge is -2.70. The Labute approximate surface area is 196 Å². The van der Waals surface area contributed by atoms with Crippen LogP contribution in [0.4, 0.5) is 4.79 Å². The van der Waals surface area contributed by atoms with Crippen LogP contribution in [0.3, 0.4) is 0 Å². The number of allylic oxidation sites excluding steroid dienone is 1. The molecule has 176 valence electrons. The number of hydrogen-bond donors (Lipinski definition) is 2. The Morgan fingerprint density at radius 1 is 1.18 bits per heavy atom. The van der Waals surface area contributed by atoms with Crippen molar-refractivity contribution < 1.29 is 14.6 Å². The Kier molecular flexibility index (Phi) is 6.77. The summed E-state index contributed by atoms with van der Waals surface area (Å²) in [7, 11) is 1.67. The van der Waals surface area contributed by atoms with Gasteiger partial charge < -0.3 is 20.1 Å². The first-order chi connectivity index (χ1) is 15.9. The fraction of sp³-hybridized carbons (Fsp3) is 0.444. The predicted octanol–water partition coefficient (Wildman–Crippen LogP) is 3.86. The standard InChI is InChI=1S/C27H35N3O3/c1-5-6-20-7-11-22(12-8-20)25-24(16-31)30(26(32)28-19(2)3)27(25)17-29(18-27)15-21-9-13-23(33-4)14-10-21/h5-14,19,24-25,31H,15-18H2,1-4H3,(H,28,32)/b6-5+/t24-,25-/m1/s1. The van der Waals surface area contributed by atoms with Crippen molar-refractivity contribution in [1.29, 1.82) is 0 Å². The van der Waals surface area contributed by atoms with Gasteiger partial charge in [0.05, 0.1) is 25.3 Å². The van der Waals surface area contributed by atoms with E-state index in [2.05, 4.69) is 52.7 Å². The number of hydrogen-bond acceptors (Lipinski definition) is 4. The highest BCUT2D eigenvalue weighted by Crippen LogP contribution is 2.54. The summed E-state index contributed by atoms with van der Waals surface area (Å²) in [5, 5.41) is 13.3. The molecule has 0 saturated carbocycles. The van der Waals surface area contributed by atoms with Gasteiger partial charge in [-0.15, -0.1) is 0 Å². The second kappa shape index (κ2) is 9.57. The van der Waals surface area contributed by atoms with Crippen LogP contribution in [0.2, 0.25) is 0 Å². The summed E-state index contributed by atoms with van der Waals surface area (Å²) in [6, 6.07) is 16.4.